The van der Waals surface area contributed by atoms with Gasteiger partial charge in [-0.15, -0.1) is 11.6 Å². The van der Waals surface area contributed by atoms with Crippen molar-refractivity contribution >= 4 is 38.9 Å². The Morgan fingerprint density at radius 2 is 2.20 bits per heavy atom. The lowest BCUT2D eigenvalue weighted by Gasteiger charge is -2.21. The third kappa shape index (κ3) is 1.97. The Morgan fingerprint density at radius 3 is 2.90 bits per heavy atom. The molecule has 0 fully saturated rings. The number of alkyl halides is 3. The predicted octanol–water partition coefficient (Wildman–Crippen LogP) is 4.69. The van der Waals surface area contributed by atoms with Gasteiger partial charge in [0, 0.05) is 21.5 Å². The van der Waals surface area contributed by atoms with E-state index in [4.69, 9.17) is 11.6 Å². The molecule has 0 saturated heterocycles. The molecule has 5 heteroatoms. The second-order valence-electron chi connectivity index (χ2n) is 4.93. The minimum atomic E-state index is -3.02. The molecular formula is C15H10BrClF2O. The zero-order valence-corrected chi connectivity index (χ0v) is 12.6. The van der Waals surface area contributed by atoms with Crippen molar-refractivity contribution in [1.29, 1.82) is 0 Å². The highest BCUT2D eigenvalue weighted by Gasteiger charge is 2.47. The lowest BCUT2D eigenvalue weighted by molar-refractivity contribution is -0.119. The lowest BCUT2D eigenvalue weighted by Crippen LogP contribution is -2.22. The first-order chi connectivity index (χ1) is 9.45. The van der Waals surface area contributed by atoms with Crippen molar-refractivity contribution in [2.45, 2.75) is 12.3 Å². The fraction of sp³-hybridized carbons (Fsp3) is 0.267. The number of hydrogen-bond donors (Lipinski definition) is 0. The van der Waals surface area contributed by atoms with Crippen LogP contribution >= 0.6 is 27.5 Å². The SMILES string of the molecule is O=C(CCl)C1C=CC2=C(C1)C(F)(F)c1cc(Br)ccc12. The van der Waals surface area contributed by atoms with Gasteiger partial charge in [-0.3, -0.25) is 4.79 Å². The number of ketones is 1. The van der Waals surface area contributed by atoms with Gasteiger partial charge in [0.15, 0.2) is 5.78 Å². The molecular weight excluding hydrogens is 350 g/mol. The lowest BCUT2D eigenvalue weighted by atomic mass is 9.87. The zero-order chi connectivity index (χ0) is 14.5. The van der Waals surface area contributed by atoms with Crippen molar-refractivity contribution in [3.05, 3.63) is 51.5 Å². The molecule has 0 aliphatic heterocycles. The van der Waals surface area contributed by atoms with E-state index >= 15 is 0 Å². The van der Waals surface area contributed by atoms with Gasteiger partial charge < -0.3 is 0 Å². The molecule has 2 aliphatic carbocycles. The molecule has 0 amide bonds. The van der Waals surface area contributed by atoms with E-state index in [2.05, 4.69) is 15.9 Å². The minimum Gasteiger partial charge on any atom is -0.298 e. The summed E-state index contributed by atoms with van der Waals surface area (Å²) in [6.45, 7) is 0. The van der Waals surface area contributed by atoms with Gasteiger partial charge in [0.25, 0.3) is 5.92 Å². The summed E-state index contributed by atoms with van der Waals surface area (Å²) >= 11 is 8.74. The van der Waals surface area contributed by atoms with Crippen molar-refractivity contribution in [3.63, 3.8) is 0 Å². The van der Waals surface area contributed by atoms with Crippen molar-refractivity contribution in [1.82, 2.24) is 0 Å². The Labute approximate surface area is 128 Å². The molecule has 0 bridgehead atoms. The number of hydrogen-bond acceptors (Lipinski definition) is 1. The molecule has 1 aromatic rings. The molecule has 0 radical (unpaired) electrons. The van der Waals surface area contributed by atoms with E-state index in [1.807, 2.05) is 0 Å². The van der Waals surface area contributed by atoms with E-state index in [-0.39, 0.29) is 29.2 Å². The summed E-state index contributed by atoms with van der Waals surface area (Å²) in [5.74, 6) is -3.94. The summed E-state index contributed by atoms with van der Waals surface area (Å²) in [4.78, 5) is 11.6. The first-order valence-corrected chi connectivity index (χ1v) is 7.46. The number of benzene rings is 1. The highest BCUT2D eigenvalue weighted by atomic mass is 79.9. The van der Waals surface area contributed by atoms with Crippen LogP contribution < -0.4 is 0 Å². The summed E-state index contributed by atoms with van der Waals surface area (Å²) in [5, 5.41) is 0. The van der Waals surface area contributed by atoms with E-state index in [9.17, 15) is 13.6 Å². The number of fused-ring (bicyclic) bond motifs is 2. The molecule has 1 aromatic carbocycles. The molecule has 0 spiro atoms. The van der Waals surface area contributed by atoms with Gasteiger partial charge >= 0.3 is 0 Å². The Kier molecular flexibility index (Phi) is 3.33. The Bertz CT molecular complexity index is 664. The first-order valence-electron chi connectivity index (χ1n) is 6.14. The van der Waals surface area contributed by atoms with Crippen LogP contribution in [0.1, 0.15) is 17.5 Å². The number of allylic oxidation sites excluding steroid dienone is 4. The van der Waals surface area contributed by atoms with E-state index in [1.165, 1.54) is 6.07 Å². The maximum absolute atomic E-state index is 14.5. The van der Waals surface area contributed by atoms with Gasteiger partial charge in [0.2, 0.25) is 0 Å². The van der Waals surface area contributed by atoms with Crippen molar-refractivity contribution in [3.8, 4) is 0 Å². The largest absolute Gasteiger partial charge is 0.298 e. The Balaban J connectivity index is 2.07. The van der Waals surface area contributed by atoms with Gasteiger partial charge in [-0.05, 0) is 29.7 Å². The first kappa shape index (κ1) is 14.0. The smallest absolute Gasteiger partial charge is 0.296 e. The van der Waals surface area contributed by atoms with Crippen LogP contribution in [0.5, 0.6) is 0 Å². The topological polar surface area (TPSA) is 17.1 Å². The molecule has 0 heterocycles. The summed E-state index contributed by atoms with van der Waals surface area (Å²) in [5.41, 5.74) is 1.11. The number of rotatable bonds is 2. The van der Waals surface area contributed by atoms with Crippen LogP contribution in [0.2, 0.25) is 0 Å². The van der Waals surface area contributed by atoms with E-state index in [1.54, 1.807) is 24.3 Å². The molecule has 2 aliphatic rings. The number of halogens is 4. The molecule has 1 unspecified atom stereocenters. The molecule has 0 saturated carbocycles. The average Bonchev–Trinajstić information content (AvgIpc) is 2.66. The zero-order valence-electron chi connectivity index (χ0n) is 10.3. The van der Waals surface area contributed by atoms with Crippen LogP contribution in [0.3, 0.4) is 0 Å². The van der Waals surface area contributed by atoms with Gasteiger partial charge in [0.05, 0.1) is 5.88 Å². The predicted molar refractivity (Wildman–Crippen MR) is 77.9 cm³/mol. The van der Waals surface area contributed by atoms with Gasteiger partial charge in [0.1, 0.15) is 0 Å². The van der Waals surface area contributed by atoms with Crippen LogP contribution in [0, 0.1) is 5.92 Å². The summed E-state index contributed by atoms with van der Waals surface area (Å²) in [6, 6.07) is 4.87. The third-order valence-corrected chi connectivity index (χ3v) is 4.54. The quantitative estimate of drug-likeness (QED) is 0.700. The Morgan fingerprint density at radius 1 is 1.45 bits per heavy atom. The second kappa shape index (κ2) is 4.78. The van der Waals surface area contributed by atoms with Crippen molar-refractivity contribution in [2.24, 2.45) is 5.92 Å². The third-order valence-electron chi connectivity index (χ3n) is 3.78. The normalized spacial score (nSPS) is 22.7. The second-order valence-corrected chi connectivity index (χ2v) is 6.11. The summed E-state index contributed by atoms with van der Waals surface area (Å²) < 4.78 is 29.7. The van der Waals surface area contributed by atoms with Crippen molar-refractivity contribution in [2.75, 3.05) is 5.88 Å². The van der Waals surface area contributed by atoms with Gasteiger partial charge in [-0.2, -0.15) is 8.78 Å². The van der Waals surface area contributed by atoms with Crippen LogP contribution in [0.25, 0.3) is 5.57 Å². The minimum absolute atomic E-state index is 0.000461. The fourth-order valence-electron chi connectivity index (χ4n) is 2.75. The number of carbonyl (C=O) groups is 1. The highest BCUT2D eigenvalue weighted by Crippen LogP contribution is 2.53. The monoisotopic (exact) mass is 358 g/mol. The maximum Gasteiger partial charge on any atom is 0.296 e. The standard InChI is InChI=1S/C15H10BrClF2O/c16-9-2-4-11-10-3-1-8(14(20)7-17)5-12(10)15(18,19)13(11)6-9/h1-4,6,8H,5,7H2. The van der Waals surface area contributed by atoms with Gasteiger partial charge in [-0.1, -0.05) is 34.1 Å². The molecule has 0 N–H and O–H groups in total. The van der Waals surface area contributed by atoms with E-state index in [0.717, 1.165) is 0 Å². The van der Waals surface area contributed by atoms with Crippen LogP contribution in [0.15, 0.2) is 40.4 Å². The van der Waals surface area contributed by atoms with Crippen molar-refractivity contribution < 1.29 is 13.6 Å². The molecule has 104 valence electrons. The van der Waals surface area contributed by atoms with E-state index in [0.29, 0.717) is 15.6 Å². The van der Waals surface area contributed by atoms with Crippen LogP contribution in [0.4, 0.5) is 8.78 Å². The molecule has 0 aromatic heterocycles. The molecule has 20 heavy (non-hydrogen) atoms. The summed E-state index contributed by atoms with van der Waals surface area (Å²) in [7, 11) is 0. The molecule has 3 rings (SSSR count). The van der Waals surface area contributed by atoms with Crippen LogP contribution in [-0.4, -0.2) is 11.7 Å². The Hall–Kier alpha value is -1.00. The molecule has 1 atom stereocenters. The van der Waals surface area contributed by atoms with Gasteiger partial charge in [-0.25, -0.2) is 0 Å². The summed E-state index contributed by atoms with van der Waals surface area (Å²) in [6.07, 6.45) is 3.34. The fourth-order valence-corrected chi connectivity index (χ4v) is 3.31. The van der Waals surface area contributed by atoms with E-state index < -0.39 is 11.8 Å². The average molecular weight is 360 g/mol. The maximum atomic E-state index is 14.5. The number of carbonyl (C=O) groups excluding carboxylic acids is 1. The van der Waals surface area contributed by atoms with Crippen LogP contribution in [-0.2, 0) is 10.7 Å². The highest BCUT2D eigenvalue weighted by molar-refractivity contribution is 9.10. The molecule has 1 nitrogen and oxygen atoms in total. The number of Topliss-reactive ketones (excluding diaryl/α,β-unsaturated/α-hetero) is 1.